The summed E-state index contributed by atoms with van der Waals surface area (Å²) in [7, 11) is 0. The van der Waals surface area contributed by atoms with E-state index in [-0.39, 0.29) is 11.3 Å². The highest BCUT2D eigenvalue weighted by Crippen LogP contribution is 2.31. The van der Waals surface area contributed by atoms with Crippen LogP contribution in [0.3, 0.4) is 0 Å². The Morgan fingerprint density at radius 1 is 1.22 bits per heavy atom. The zero-order chi connectivity index (χ0) is 16.3. The molecule has 4 nitrogen and oxygen atoms in total. The molecule has 2 N–H and O–H groups in total. The highest BCUT2D eigenvalue weighted by Gasteiger charge is 2.37. The molecule has 3 rings (SSSR count). The number of nitrogens with two attached hydrogens (primary N) is 1. The number of benzene rings is 1. The minimum Gasteiger partial charge on any atom is -0.342 e. The Morgan fingerprint density at radius 2 is 1.91 bits per heavy atom. The van der Waals surface area contributed by atoms with Gasteiger partial charge in [-0.15, -0.1) is 0 Å². The monoisotopic (exact) mass is 315 g/mol. The highest BCUT2D eigenvalue weighted by molar-refractivity contribution is 5.79. The molecule has 2 fully saturated rings. The number of hydrogen-bond donors (Lipinski definition) is 1. The van der Waals surface area contributed by atoms with Gasteiger partial charge in [0.05, 0.1) is 0 Å². The summed E-state index contributed by atoms with van der Waals surface area (Å²) < 4.78 is 0. The van der Waals surface area contributed by atoms with Crippen molar-refractivity contribution in [1.82, 2.24) is 9.80 Å². The largest absolute Gasteiger partial charge is 0.342 e. The van der Waals surface area contributed by atoms with Crippen molar-refractivity contribution in [3.05, 3.63) is 35.9 Å². The number of piperidine rings is 1. The molecule has 0 spiro atoms. The Balaban J connectivity index is 1.48. The molecular formula is C19H29N3O. The molecule has 0 saturated carbocycles. The van der Waals surface area contributed by atoms with Crippen LogP contribution in [0.5, 0.6) is 0 Å². The van der Waals surface area contributed by atoms with E-state index in [0.29, 0.717) is 12.5 Å². The van der Waals surface area contributed by atoms with Gasteiger partial charge in [-0.2, -0.15) is 0 Å². The predicted octanol–water partition coefficient (Wildman–Crippen LogP) is 2.10. The van der Waals surface area contributed by atoms with Gasteiger partial charge in [0.25, 0.3) is 0 Å². The summed E-state index contributed by atoms with van der Waals surface area (Å²) in [6.07, 6.45) is 3.02. The molecule has 2 aliphatic rings. The van der Waals surface area contributed by atoms with Crippen LogP contribution in [-0.4, -0.2) is 48.4 Å². The molecule has 0 aromatic heterocycles. The van der Waals surface area contributed by atoms with Crippen molar-refractivity contribution in [2.75, 3.05) is 32.7 Å². The van der Waals surface area contributed by atoms with E-state index < -0.39 is 0 Å². The number of likely N-dealkylation sites (tertiary alicyclic amines) is 2. The quantitative estimate of drug-likeness (QED) is 0.925. The Bertz CT molecular complexity index is 525. The van der Waals surface area contributed by atoms with Crippen LogP contribution in [0.4, 0.5) is 0 Å². The molecule has 2 saturated heterocycles. The lowest BCUT2D eigenvalue weighted by Gasteiger charge is -2.33. The van der Waals surface area contributed by atoms with Crippen molar-refractivity contribution >= 4 is 5.91 Å². The molecule has 0 aliphatic carbocycles. The fraction of sp³-hybridized carbons (Fsp3) is 0.632. The molecule has 0 bridgehead atoms. The van der Waals surface area contributed by atoms with Crippen LogP contribution in [0.25, 0.3) is 0 Å². The summed E-state index contributed by atoms with van der Waals surface area (Å²) in [5.41, 5.74) is 7.34. The van der Waals surface area contributed by atoms with Crippen LogP contribution < -0.4 is 5.73 Å². The number of carbonyl (C=O) groups excluding carboxylic acids is 1. The Hall–Kier alpha value is -1.39. The normalized spacial score (nSPS) is 26.6. The second kappa shape index (κ2) is 7.02. The SMILES string of the molecule is CC1(CN)CCN(C(=O)C2CCN(Cc3ccccc3)CC2)C1. The maximum absolute atomic E-state index is 12.7. The van der Waals surface area contributed by atoms with E-state index in [4.69, 9.17) is 5.73 Å². The van der Waals surface area contributed by atoms with Crippen molar-refractivity contribution < 1.29 is 4.79 Å². The Kier molecular flexibility index (Phi) is 5.02. The standard InChI is InChI=1S/C19H29N3O/c1-19(14-20)9-12-22(15-19)18(23)17-7-10-21(11-8-17)13-16-5-3-2-4-6-16/h2-6,17H,7-15,20H2,1H3. The molecule has 1 atom stereocenters. The van der Waals surface area contributed by atoms with E-state index >= 15 is 0 Å². The van der Waals surface area contributed by atoms with E-state index in [1.165, 1.54) is 5.56 Å². The van der Waals surface area contributed by atoms with Gasteiger partial charge in [-0.1, -0.05) is 37.3 Å². The maximum Gasteiger partial charge on any atom is 0.225 e. The lowest BCUT2D eigenvalue weighted by Crippen LogP contribution is -2.42. The number of nitrogens with zero attached hydrogens (tertiary/aromatic N) is 2. The summed E-state index contributed by atoms with van der Waals surface area (Å²) in [4.78, 5) is 17.3. The van der Waals surface area contributed by atoms with Crippen LogP contribution >= 0.6 is 0 Å². The van der Waals surface area contributed by atoms with E-state index in [0.717, 1.165) is 52.0 Å². The molecule has 2 heterocycles. The van der Waals surface area contributed by atoms with E-state index in [2.05, 4.69) is 47.1 Å². The predicted molar refractivity (Wildman–Crippen MR) is 92.8 cm³/mol. The minimum atomic E-state index is 0.129. The molecule has 4 heteroatoms. The number of amides is 1. The summed E-state index contributed by atoms with van der Waals surface area (Å²) in [6, 6.07) is 10.6. The van der Waals surface area contributed by atoms with E-state index in [9.17, 15) is 4.79 Å². The fourth-order valence-electron chi connectivity index (χ4n) is 3.82. The first-order chi connectivity index (χ1) is 11.1. The third kappa shape index (κ3) is 3.93. The van der Waals surface area contributed by atoms with Gasteiger partial charge in [-0.05, 0) is 49.9 Å². The molecule has 1 aromatic carbocycles. The second-order valence-electron chi connectivity index (χ2n) is 7.56. The molecule has 23 heavy (non-hydrogen) atoms. The van der Waals surface area contributed by atoms with Crippen LogP contribution in [0.1, 0.15) is 31.7 Å². The van der Waals surface area contributed by atoms with Gasteiger partial charge in [-0.25, -0.2) is 0 Å². The van der Waals surface area contributed by atoms with Gasteiger partial charge in [0.15, 0.2) is 0 Å². The van der Waals surface area contributed by atoms with Crippen molar-refractivity contribution in [2.24, 2.45) is 17.1 Å². The Morgan fingerprint density at radius 3 is 2.52 bits per heavy atom. The second-order valence-corrected chi connectivity index (χ2v) is 7.56. The minimum absolute atomic E-state index is 0.129. The van der Waals surface area contributed by atoms with Crippen molar-refractivity contribution in [3.63, 3.8) is 0 Å². The smallest absolute Gasteiger partial charge is 0.225 e. The summed E-state index contributed by atoms with van der Waals surface area (Å²) in [6.45, 7) is 7.63. The van der Waals surface area contributed by atoms with Gasteiger partial charge in [-0.3, -0.25) is 9.69 Å². The first-order valence-electron chi connectivity index (χ1n) is 8.85. The summed E-state index contributed by atoms with van der Waals surface area (Å²) >= 11 is 0. The number of carbonyl (C=O) groups is 1. The molecule has 1 unspecified atom stereocenters. The van der Waals surface area contributed by atoms with Gasteiger partial charge in [0, 0.05) is 25.6 Å². The summed E-state index contributed by atoms with van der Waals surface area (Å²) in [5, 5.41) is 0. The Labute approximate surface area is 139 Å². The van der Waals surface area contributed by atoms with Gasteiger partial charge in [0.1, 0.15) is 0 Å². The van der Waals surface area contributed by atoms with Gasteiger partial charge in [0.2, 0.25) is 5.91 Å². The van der Waals surface area contributed by atoms with Crippen molar-refractivity contribution in [2.45, 2.75) is 32.7 Å². The number of hydrogen-bond acceptors (Lipinski definition) is 3. The first kappa shape index (κ1) is 16.5. The molecule has 126 valence electrons. The van der Waals surface area contributed by atoms with Crippen LogP contribution in [-0.2, 0) is 11.3 Å². The van der Waals surface area contributed by atoms with Crippen LogP contribution in [0, 0.1) is 11.3 Å². The summed E-state index contributed by atoms with van der Waals surface area (Å²) in [5.74, 6) is 0.573. The number of rotatable bonds is 4. The average Bonchev–Trinajstić information content (AvgIpc) is 2.99. The topological polar surface area (TPSA) is 49.6 Å². The first-order valence-corrected chi connectivity index (χ1v) is 8.85. The van der Waals surface area contributed by atoms with Crippen LogP contribution in [0.15, 0.2) is 30.3 Å². The lowest BCUT2D eigenvalue weighted by molar-refractivity contribution is -0.136. The highest BCUT2D eigenvalue weighted by atomic mass is 16.2. The average molecular weight is 315 g/mol. The van der Waals surface area contributed by atoms with Gasteiger partial charge < -0.3 is 10.6 Å². The fourth-order valence-corrected chi connectivity index (χ4v) is 3.82. The van der Waals surface area contributed by atoms with E-state index in [1.54, 1.807) is 0 Å². The van der Waals surface area contributed by atoms with Crippen molar-refractivity contribution in [3.8, 4) is 0 Å². The van der Waals surface area contributed by atoms with Crippen molar-refractivity contribution in [1.29, 1.82) is 0 Å². The van der Waals surface area contributed by atoms with Gasteiger partial charge >= 0.3 is 0 Å². The zero-order valence-corrected chi connectivity index (χ0v) is 14.2. The molecule has 1 amide bonds. The molecule has 0 radical (unpaired) electrons. The molecule has 1 aromatic rings. The third-order valence-corrected chi connectivity index (χ3v) is 5.55. The molecular weight excluding hydrogens is 286 g/mol. The third-order valence-electron chi connectivity index (χ3n) is 5.55. The van der Waals surface area contributed by atoms with E-state index in [1.807, 2.05) is 0 Å². The zero-order valence-electron chi connectivity index (χ0n) is 14.2. The van der Waals surface area contributed by atoms with Crippen LogP contribution in [0.2, 0.25) is 0 Å². The maximum atomic E-state index is 12.7. The molecule has 2 aliphatic heterocycles. The lowest BCUT2D eigenvalue weighted by atomic mass is 9.90.